The van der Waals surface area contributed by atoms with E-state index >= 15 is 0 Å². The lowest BCUT2D eigenvalue weighted by atomic mass is 10.2. The van der Waals surface area contributed by atoms with Crippen molar-refractivity contribution >= 4 is 28.8 Å². The molecule has 1 aromatic heterocycles. The fraction of sp³-hybridized carbons (Fsp3) is 0. The first-order valence-electron chi connectivity index (χ1n) is 3.84. The lowest BCUT2D eigenvalue weighted by Gasteiger charge is -1.99. The molecule has 0 saturated heterocycles. The Kier molecular flexibility index (Phi) is 2.39. The third-order valence-corrected chi connectivity index (χ3v) is 2.89. The smallest absolute Gasteiger partial charge is 0.152 e. The van der Waals surface area contributed by atoms with Crippen LogP contribution < -0.4 is 5.73 Å². The highest BCUT2D eigenvalue weighted by Gasteiger charge is 2.10. The van der Waals surface area contributed by atoms with E-state index in [0.717, 1.165) is 0 Å². The maximum Gasteiger partial charge on any atom is 0.152 e. The minimum atomic E-state index is -0.455. The molecule has 5 heteroatoms. The Labute approximate surface area is 89.2 Å². The monoisotopic (exact) mass is 228 g/mol. The van der Waals surface area contributed by atoms with Gasteiger partial charge in [0, 0.05) is 10.9 Å². The van der Waals surface area contributed by atoms with E-state index in [2.05, 4.69) is 4.98 Å². The van der Waals surface area contributed by atoms with Crippen LogP contribution in [0.5, 0.6) is 0 Å². The molecule has 2 rings (SSSR count). The van der Waals surface area contributed by atoms with Crippen molar-refractivity contribution < 1.29 is 4.39 Å². The summed E-state index contributed by atoms with van der Waals surface area (Å²) in [6.45, 7) is 0. The number of nitrogens with zero attached hydrogens (tertiary/aromatic N) is 1. The minimum Gasteiger partial charge on any atom is -0.383 e. The predicted octanol–water partition coefficient (Wildman–Crippen LogP) is 3.18. The minimum absolute atomic E-state index is 0.0938. The number of hydrogen-bond acceptors (Lipinski definition) is 3. The van der Waals surface area contributed by atoms with E-state index in [1.54, 1.807) is 17.5 Å². The van der Waals surface area contributed by atoms with Gasteiger partial charge in [0.25, 0.3) is 0 Å². The summed E-state index contributed by atoms with van der Waals surface area (Å²) in [5.74, 6) is -0.0621. The second-order valence-electron chi connectivity index (χ2n) is 2.68. The largest absolute Gasteiger partial charge is 0.383 e. The summed E-state index contributed by atoms with van der Waals surface area (Å²) in [7, 11) is 0. The fourth-order valence-electron chi connectivity index (χ4n) is 1.08. The summed E-state index contributed by atoms with van der Waals surface area (Å²) >= 11 is 6.93. The highest BCUT2D eigenvalue weighted by atomic mass is 35.5. The van der Waals surface area contributed by atoms with Gasteiger partial charge < -0.3 is 5.73 Å². The van der Waals surface area contributed by atoms with Gasteiger partial charge in [0.1, 0.15) is 10.8 Å². The van der Waals surface area contributed by atoms with Crippen LogP contribution in [0, 0.1) is 5.82 Å². The summed E-state index contributed by atoms with van der Waals surface area (Å²) in [6, 6.07) is 4.80. The molecule has 2 nitrogen and oxygen atoms in total. The predicted molar refractivity (Wildman–Crippen MR) is 56.9 cm³/mol. The number of aromatic nitrogens is 1. The third kappa shape index (κ3) is 1.58. The van der Waals surface area contributed by atoms with Gasteiger partial charge in [-0.3, -0.25) is 0 Å². The molecule has 0 aliphatic carbocycles. The van der Waals surface area contributed by atoms with Crippen LogP contribution in [0.15, 0.2) is 23.6 Å². The topological polar surface area (TPSA) is 38.9 Å². The zero-order valence-electron chi connectivity index (χ0n) is 7.00. The first-order valence-corrected chi connectivity index (χ1v) is 5.09. The summed E-state index contributed by atoms with van der Waals surface area (Å²) < 4.78 is 13.5. The Balaban J connectivity index is 2.57. The van der Waals surface area contributed by atoms with Crippen molar-refractivity contribution in [3.63, 3.8) is 0 Å². The molecule has 1 aromatic carbocycles. The molecule has 1 heterocycles. The lowest BCUT2D eigenvalue weighted by Crippen LogP contribution is -1.86. The van der Waals surface area contributed by atoms with E-state index in [-0.39, 0.29) is 5.02 Å². The van der Waals surface area contributed by atoms with Gasteiger partial charge in [-0.25, -0.2) is 9.37 Å². The summed E-state index contributed by atoms with van der Waals surface area (Å²) in [5.41, 5.74) is 5.84. The Morgan fingerprint density at radius 2 is 2.21 bits per heavy atom. The van der Waals surface area contributed by atoms with Crippen molar-refractivity contribution in [2.24, 2.45) is 0 Å². The van der Waals surface area contributed by atoms with Crippen LogP contribution in [0.1, 0.15) is 0 Å². The number of rotatable bonds is 1. The third-order valence-electron chi connectivity index (χ3n) is 1.70. The van der Waals surface area contributed by atoms with Crippen LogP contribution in [0.2, 0.25) is 5.02 Å². The van der Waals surface area contributed by atoms with Gasteiger partial charge in [-0.1, -0.05) is 17.7 Å². The molecule has 0 radical (unpaired) electrons. The molecule has 0 spiro atoms. The molecule has 2 N–H and O–H groups in total. The average Bonchev–Trinajstić information content (AvgIpc) is 2.57. The number of nitrogens with two attached hydrogens (primary N) is 1. The first kappa shape index (κ1) is 9.43. The van der Waals surface area contributed by atoms with Crippen molar-refractivity contribution in [1.29, 1.82) is 0 Å². The van der Waals surface area contributed by atoms with Gasteiger partial charge in [0.2, 0.25) is 0 Å². The fourth-order valence-corrected chi connectivity index (χ4v) is 1.98. The molecule has 0 atom stereocenters. The van der Waals surface area contributed by atoms with Gasteiger partial charge in [-0.15, -0.1) is 11.3 Å². The SMILES string of the molecule is Nc1csc(-c2cccc(Cl)c2F)n1. The van der Waals surface area contributed by atoms with Crippen LogP contribution in [0.4, 0.5) is 10.2 Å². The maximum absolute atomic E-state index is 13.5. The van der Waals surface area contributed by atoms with Crippen molar-refractivity contribution in [2.45, 2.75) is 0 Å². The van der Waals surface area contributed by atoms with Gasteiger partial charge in [0.15, 0.2) is 5.82 Å². The summed E-state index contributed by atoms with van der Waals surface area (Å²) in [4.78, 5) is 3.98. The van der Waals surface area contributed by atoms with Crippen molar-refractivity contribution in [1.82, 2.24) is 4.98 Å². The number of hydrogen-bond donors (Lipinski definition) is 1. The van der Waals surface area contributed by atoms with Gasteiger partial charge >= 0.3 is 0 Å². The molecule has 72 valence electrons. The Bertz CT molecular complexity index is 470. The molecule has 0 unspecified atom stereocenters. The van der Waals surface area contributed by atoms with Gasteiger partial charge in [-0.2, -0.15) is 0 Å². The Morgan fingerprint density at radius 3 is 2.86 bits per heavy atom. The van der Waals surface area contributed by atoms with Crippen molar-refractivity contribution in [3.05, 3.63) is 34.4 Å². The molecule has 0 aliphatic rings. The molecule has 0 amide bonds. The summed E-state index contributed by atoms with van der Waals surface area (Å²) in [5, 5.41) is 2.30. The number of halogens is 2. The molecular formula is C9H6ClFN2S. The standard InChI is InChI=1S/C9H6ClFN2S/c10-6-3-1-2-5(8(6)11)9-13-7(12)4-14-9/h1-4H,12H2. The number of nitrogen functional groups attached to an aromatic ring is 1. The van der Waals surface area contributed by atoms with Gasteiger partial charge in [0.05, 0.1) is 5.02 Å². The maximum atomic E-state index is 13.5. The molecule has 14 heavy (non-hydrogen) atoms. The van der Waals surface area contributed by atoms with Crippen LogP contribution in [0.3, 0.4) is 0 Å². The zero-order chi connectivity index (χ0) is 10.1. The Morgan fingerprint density at radius 1 is 1.43 bits per heavy atom. The van der Waals surface area contributed by atoms with Crippen molar-refractivity contribution in [2.75, 3.05) is 5.73 Å². The van der Waals surface area contributed by atoms with E-state index in [0.29, 0.717) is 16.4 Å². The van der Waals surface area contributed by atoms with E-state index in [1.165, 1.54) is 17.4 Å². The normalized spacial score (nSPS) is 10.4. The molecule has 0 fully saturated rings. The second-order valence-corrected chi connectivity index (χ2v) is 3.94. The Hall–Kier alpha value is -1.13. The number of anilines is 1. The van der Waals surface area contributed by atoms with Crippen LogP contribution in [-0.2, 0) is 0 Å². The molecule has 0 saturated carbocycles. The van der Waals surface area contributed by atoms with E-state index in [1.807, 2.05) is 0 Å². The van der Waals surface area contributed by atoms with E-state index in [9.17, 15) is 4.39 Å². The molecule has 2 aromatic rings. The van der Waals surface area contributed by atoms with Crippen LogP contribution in [0.25, 0.3) is 10.6 Å². The highest BCUT2D eigenvalue weighted by Crippen LogP contribution is 2.30. The second kappa shape index (κ2) is 3.55. The zero-order valence-corrected chi connectivity index (χ0v) is 8.57. The molecule has 0 aliphatic heterocycles. The molecule has 0 bridgehead atoms. The quantitative estimate of drug-likeness (QED) is 0.814. The van der Waals surface area contributed by atoms with Gasteiger partial charge in [-0.05, 0) is 12.1 Å². The van der Waals surface area contributed by atoms with E-state index in [4.69, 9.17) is 17.3 Å². The van der Waals surface area contributed by atoms with E-state index < -0.39 is 5.82 Å². The molecular weight excluding hydrogens is 223 g/mol. The number of benzene rings is 1. The van der Waals surface area contributed by atoms with Crippen LogP contribution in [-0.4, -0.2) is 4.98 Å². The highest BCUT2D eigenvalue weighted by molar-refractivity contribution is 7.13. The summed E-state index contributed by atoms with van der Waals surface area (Å²) in [6.07, 6.45) is 0. The lowest BCUT2D eigenvalue weighted by molar-refractivity contribution is 0.631. The average molecular weight is 229 g/mol. The van der Waals surface area contributed by atoms with Crippen molar-refractivity contribution in [3.8, 4) is 10.6 Å². The first-order chi connectivity index (χ1) is 6.68. The van der Waals surface area contributed by atoms with Crippen LogP contribution >= 0.6 is 22.9 Å². The number of thiazole rings is 1.